The molecule has 0 spiro atoms. The molecular weight excluding hydrogens is 320 g/mol. The fraction of sp³-hybridized carbons (Fsp3) is 0.158. The Morgan fingerprint density at radius 3 is 2.58 bits per heavy atom. The van der Waals surface area contributed by atoms with E-state index in [0.29, 0.717) is 5.56 Å². The Balaban J connectivity index is 2.13. The number of methoxy groups -OCH3 is 1. The number of hydrogen-bond acceptors (Lipinski definition) is 4. The molecule has 0 radical (unpaired) electrons. The molecule has 0 aliphatic rings. The predicted octanol–water partition coefficient (Wildman–Crippen LogP) is 4.22. The minimum atomic E-state index is -0.0180. The van der Waals surface area contributed by atoms with E-state index in [-0.39, 0.29) is 5.43 Å². The summed E-state index contributed by atoms with van der Waals surface area (Å²) in [5.41, 5.74) is 3.03. The van der Waals surface area contributed by atoms with Crippen LogP contribution in [0.5, 0.6) is 5.75 Å². The molecule has 3 aromatic rings. The fourth-order valence-electron chi connectivity index (χ4n) is 2.48. The molecule has 0 aliphatic heterocycles. The van der Waals surface area contributed by atoms with Gasteiger partial charge in [0.2, 0.25) is 0 Å². The van der Waals surface area contributed by atoms with Crippen molar-refractivity contribution in [3.63, 3.8) is 0 Å². The number of hydrogen-bond donors (Lipinski definition) is 1. The Morgan fingerprint density at radius 1 is 1.17 bits per heavy atom. The molecule has 3 rings (SSSR count). The first-order valence-corrected chi connectivity index (χ1v) is 8.67. The average Bonchev–Trinajstić information content (AvgIpc) is 2.63. The highest BCUT2D eigenvalue weighted by Gasteiger charge is 2.13. The summed E-state index contributed by atoms with van der Waals surface area (Å²) in [6.07, 6.45) is 1.72. The Labute approximate surface area is 144 Å². The van der Waals surface area contributed by atoms with Crippen molar-refractivity contribution in [2.45, 2.75) is 11.9 Å². The van der Waals surface area contributed by atoms with E-state index in [1.165, 1.54) is 0 Å². The molecule has 0 fully saturated rings. The van der Waals surface area contributed by atoms with Crippen molar-refractivity contribution in [1.82, 2.24) is 9.97 Å². The number of ether oxygens (including phenoxy) is 1. The van der Waals surface area contributed by atoms with Crippen molar-refractivity contribution in [3.05, 3.63) is 65.0 Å². The van der Waals surface area contributed by atoms with Gasteiger partial charge in [0.1, 0.15) is 5.75 Å². The molecule has 0 amide bonds. The minimum absolute atomic E-state index is 0.0180. The Bertz CT molecular complexity index is 874. The second-order valence-electron chi connectivity index (χ2n) is 5.13. The van der Waals surface area contributed by atoms with Crippen molar-refractivity contribution in [2.75, 3.05) is 12.9 Å². The maximum Gasteiger partial charge on any atom is 0.191 e. The molecule has 5 heteroatoms. The highest BCUT2D eigenvalue weighted by molar-refractivity contribution is 7.99. The molecule has 2 heterocycles. The van der Waals surface area contributed by atoms with Crippen LogP contribution in [0.4, 0.5) is 0 Å². The van der Waals surface area contributed by atoms with E-state index in [1.54, 1.807) is 31.1 Å². The van der Waals surface area contributed by atoms with Gasteiger partial charge in [-0.3, -0.25) is 9.78 Å². The van der Waals surface area contributed by atoms with Gasteiger partial charge >= 0.3 is 0 Å². The van der Waals surface area contributed by atoms with Gasteiger partial charge in [0.25, 0.3) is 0 Å². The zero-order chi connectivity index (χ0) is 16.9. The summed E-state index contributed by atoms with van der Waals surface area (Å²) in [5.74, 6) is 1.63. The van der Waals surface area contributed by atoms with Gasteiger partial charge in [-0.05, 0) is 35.6 Å². The standard InChI is InChI=1S/C19H18N2O2S/c1-3-24-19-18(13-7-9-14(23-2)10-8-13)17(22)12-16(21-19)15-6-4-5-11-20-15/h4-12H,3H2,1-2H3,(H,21,22). The Morgan fingerprint density at radius 2 is 1.96 bits per heavy atom. The lowest BCUT2D eigenvalue weighted by molar-refractivity contribution is 0.415. The summed E-state index contributed by atoms with van der Waals surface area (Å²) in [5, 5.41) is 0.857. The van der Waals surface area contributed by atoms with Crippen molar-refractivity contribution in [1.29, 1.82) is 0 Å². The van der Waals surface area contributed by atoms with Crippen LogP contribution in [-0.2, 0) is 0 Å². The van der Waals surface area contributed by atoms with Crippen molar-refractivity contribution in [3.8, 4) is 28.3 Å². The number of pyridine rings is 2. The molecule has 0 unspecified atom stereocenters. The van der Waals surface area contributed by atoms with Crippen molar-refractivity contribution >= 4 is 11.8 Å². The summed E-state index contributed by atoms with van der Waals surface area (Å²) in [6, 6.07) is 14.8. The van der Waals surface area contributed by atoms with Crippen LogP contribution in [0, 0.1) is 0 Å². The molecular formula is C19H18N2O2S. The highest BCUT2D eigenvalue weighted by Crippen LogP contribution is 2.30. The molecule has 0 saturated carbocycles. The lowest BCUT2D eigenvalue weighted by Gasteiger charge is -2.11. The molecule has 0 saturated heterocycles. The topological polar surface area (TPSA) is 55.0 Å². The Hall–Kier alpha value is -2.53. The first kappa shape index (κ1) is 16.3. The zero-order valence-corrected chi connectivity index (χ0v) is 14.4. The van der Waals surface area contributed by atoms with Gasteiger partial charge in [-0.15, -0.1) is 11.8 Å². The molecule has 4 nitrogen and oxygen atoms in total. The SMILES string of the molecule is CCSc1[nH]c(-c2ccccn2)cc(=O)c1-c1ccc(OC)cc1. The summed E-state index contributed by atoms with van der Waals surface area (Å²) in [4.78, 5) is 20.5. The van der Waals surface area contributed by atoms with Gasteiger partial charge in [0.15, 0.2) is 5.43 Å². The number of nitrogens with one attached hydrogen (secondary N) is 1. The van der Waals surface area contributed by atoms with Crippen LogP contribution < -0.4 is 10.2 Å². The van der Waals surface area contributed by atoms with Crippen LogP contribution in [0.15, 0.2) is 64.5 Å². The van der Waals surface area contributed by atoms with E-state index in [0.717, 1.165) is 33.5 Å². The van der Waals surface area contributed by atoms with E-state index in [4.69, 9.17) is 4.74 Å². The zero-order valence-electron chi connectivity index (χ0n) is 13.6. The maximum absolute atomic E-state index is 12.8. The van der Waals surface area contributed by atoms with E-state index >= 15 is 0 Å². The van der Waals surface area contributed by atoms with Crippen molar-refractivity contribution < 1.29 is 4.74 Å². The van der Waals surface area contributed by atoms with Gasteiger partial charge < -0.3 is 9.72 Å². The molecule has 24 heavy (non-hydrogen) atoms. The lowest BCUT2D eigenvalue weighted by Crippen LogP contribution is -2.08. The van der Waals surface area contributed by atoms with Crippen LogP contribution in [0.3, 0.4) is 0 Å². The smallest absolute Gasteiger partial charge is 0.191 e. The normalized spacial score (nSPS) is 10.6. The summed E-state index contributed by atoms with van der Waals surface area (Å²) >= 11 is 1.62. The van der Waals surface area contributed by atoms with Gasteiger partial charge in [0.05, 0.1) is 29.1 Å². The maximum atomic E-state index is 12.8. The minimum Gasteiger partial charge on any atom is -0.497 e. The predicted molar refractivity (Wildman–Crippen MR) is 98.7 cm³/mol. The van der Waals surface area contributed by atoms with Crippen LogP contribution >= 0.6 is 11.8 Å². The fourth-order valence-corrected chi connectivity index (χ4v) is 3.31. The van der Waals surface area contributed by atoms with E-state index in [2.05, 4.69) is 16.9 Å². The number of aromatic amines is 1. The van der Waals surface area contributed by atoms with Gasteiger partial charge in [-0.25, -0.2) is 0 Å². The highest BCUT2D eigenvalue weighted by atomic mass is 32.2. The molecule has 122 valence electrons. The molecule has 0 atom stereocenters. The first-order valence-electron chi connectivity index (χ1n) is 7.69. The number of aromatic nitrogens is 2. The third-order valence-corrected chi connectivity index (χ3v) is 4.49. The molecule has 1 N–H and O–H groups in total. The van der Waals surface area contributed by atoms with Crippen LogP contribution in [-0.4, -0.2) is 22.8 Å². The monoisotopic (exact) mass is 338 g/mol. The van der Waals surface area contributed by atoms with Gasteiger partial charge in [-0.1, -0.05) is 25.1 Å². The second kappa shape index (κ2) is 7.36. The third kappa shape index (κ3) is 3.36. The van der Waals surface area contributed by atoms with Crippen LogP contribution in [0.1, 0.15) is 6.92 Å². The number of thioether (sulfide) groups is 1. The van der Waals surface area contributed by atoms with Crippen LogP contribution in [0.25, 0.3) is 22.5 Å². The lowest BCUT2D eigenvalue weighted by atomic mass is 10.1. The molecule has 1 aromatic carbocycles. The number of rotatable bonds is 5. The number of H-pyrrole nitrogens is 1. The van der Waals surface area contributed by atoms with Crippen molar-refractivity contribution in [2.24, 2.45) is 0 Å². The summed E-state index contributed by atoms with van der Waals surface area (Å²) < 4.78 is 5.19. The number of nitrogens with zero attached hydrogens (tertiary/aromatic N) is 1. The van der Waals surface area contributed by atoms with Gasteiger partial charge in [-0.2, -0.15) is 0 Å². The summed E-state index contributed by atoms with van der Waals surface area (Å²) in [6.45, 7) is 2.06. The number of benzene rings is 1. The summed E-state index contributed by atoms with van der Waals surface area (Å²) in [7, 11) is 1.63. The van der Waals surface area contributed by atoms with E-state index in [9.17, 15) is 4.79 Å². The van der Waals surface area contributed by atoms with Crippen LogP contribution in [0.2, 0.25) is 0 Å². The van der Waals surface area contributed by atoms with E-state index in [1.807, 2.05) is 42.5 Å². The Kier molecular flexibility index (Phi) is 5.01. The van der Waals surface area contributed by atoms with Gasteiger partial charge in [0, 0.05) is 12.3 Å². The average molecular weight is 338 g/mol. The first-order chi connectivity index (χ1) is 11.7. The van der Waals surface area contributed by atoms with E-state index < -0.39 is 0 Å². The largest absolute Gasteiger partial charge is 0.497 e. The second-order valence-corrected chi connectivity index (χ2v) is 6.40. The molecule has 0 bridgehead atoms. The molecule has 0 aliphatic carbocycles. The molecule has 2 aromatic heterocycles. The quantitative estimate of drug-likeness (QED) is 0.708. The third-order valence-electron chi connectivity index (χ3n) is 3.61.